The van der Waals surface area contributed by atoms with Crippen LogP contribution >= 0.6 is 15.9 Å². The number of rotatable bonds is 3. The largest absolute Gasteiger partial charge is 0.358 e. The molecule has 1 aliphatic carbocycles. The molecule has 0 radical (unpaired) electrons. The minimum atomic E-state index is 0.0172. The lowest BCUT2D eigenvalue weighted by Gasteiger charge is -2.14. The number of benzene rings is 1. The lowest BCUT2D eigenvalue weighted by Crippen LogP contribution is -2.27. The number of alkyl halides is 1. The molecule has 1 amide bonds. The van der Waals surface area contributed by atoms with Gasteiger partial charge >= 0.3 is 0 Å². The summed E-state index contributed by atoms with van der Waals surface area (Å²) >= 11 is 3.18. The van der Waals surface area contributed by atoms with Crippen molar-refractivity contribution in [2.75, 3.05) is 5.33 Å². The van der Waals surface area contributed by atoms with E-state index in [0.29, 0.717) is 5.33 Å². The average molecular weight is 321 g/mol. The number of aromatic nitrogens is 1. The summed E-state index contributed by atoms with van der Waals surface area (Å²) in [5.74, 6) is 0.0172. The van der Waals surface area contributed by atoms with Crippen molar-refractivity contribution in [2.24, 2.45) is 0 Å². The zero-order chi connectivity index (χ0) is 13.4. The SMILES string of the molecule is CC(NC(=O)CBr)c1cccc2c3c([nH]c12)CCC3. The number of halogens is 1. The average Bonchev–Trinajstić information content (AvgIpc) is 2.98. The maximum absolute atomic E-state index is 11.5. The van der Waals surface area contributed by atoms with Crippen LogP contribution in [0, 0.1) is 0 Å². The van der Waals surface area contributed by atoms with Gasteiger partial charge in [-0.2, -0.15) is 0 Å². The summed E-state index contributed by atoms with van der Waals surface area (Å²) in [6.45, 7) is 2.03. The molecular weight excluding hydrogens is 304 g/mol. The Morgan fingerprint density at radius 3 is 3.11 bits per heavy atom. The van der Waals surface area contributed by atoms with Crippen molar-refractivity contribution in [1.29, 1.82) is 0 Å². The number of nitrogens with one attached hydrogen (secondary N) is 2. The first-order valence-electron chi connectivity index (χ1n) is 6.68. The molecule has 0 spiro atoms. The molecule has 100 valence electrons. The van der Waals surface area contributed by atoms with Crippen molar-refractivity contribution >= 4 is 32.7 Å². The first-order valence-corrected chi connectivity index (χ1v) is 7.80. The Labute approximate surface area is 120 Å². The lowest BCUT2D eigenvalue weighted by molar-refractivity contribution is -0.119. The van der Waals surface area contributed by atoms with E-state index in [9.17, 15) is 4.79 Å². The van der Waals surface area contributed by atoms with Crippen LogP contribution in [0.5, 0.6) is 0 Å². The van der Waals surface area contributed by atoms with E-state index in [1.807, 2.05) is 6.92 Å². The van der Waals surface area contributed by atoms with Crippen LogP contribution in [0.3, 0.4) is 0 Å². The maximum Gasteiger partial charge on any atom is 0.231 e. The Bertz CT molecular complexity index is 632. The monoisotopic (exact) mass is 320 g/mol. The number of fused-ring (bicyclic) bond motifs is 3. The van der Waals surface area contributed by atoms with E-state index < -0.39 is 0 Å². The number of carbonyl (C=O) groups excluding carboxylic acids is 1. The summed E-state index contributed by atoms with van der Waals surface area (Å²) in [5, 5.41) is 4.66. The number of aryl methyl sites for hydroxylation is 2. The summed E-state index contributed by atoms with van der Waals surface area (Å²) < 4.78 is 0. The van der Waals surface area contributed by atoms with Crippen LogP contribution < -0.4 is 5.32 Å². The Kier molecular flexibility index (Phi) is 3.35. The molecule has 1 aromatic heterocycles. The van der Waals surface area contributed by atoms with Crippen molar-refractivity contribution < 1.29 is 4.79 Å². The normalized spacial score (nSPS) is 15.5. The highest BCUT2D eigenvalue weighted by molar-refractivity contribution is 9.09. The van der Waals surface area contributed by atoms with Gasteiger partial charge in [0.1, 0.15) is 0 Å². The molecule has 0 aliphatic heterocycles. The van der Waals surface area contributed by atoms with Crippen LogP contribution in [0.4, 0.5) is 0 Å². The molecule has 0 saturated carbocycles. The van der Waals surface area contributed by atoms with E-state index in [2.05, 4.69) is 44.4 Å². The third kappa shape index (κ3) is 2.18. The number of aromatic amines is 1. The zero-order valence-electron chi connectivity index (χ0n) is 10.9. The molecule has 1 aromatic carbocycles. The van der Waals surface area contributed by atoms with Crippen LogP contribution in [-0.2, 0) is 17.6 Å². The van der Waals surface area contributed by atoms with E-state index in [1.165, 1.54) is 40.6 Å². The molecular formula is C15H17BrN2O. The molecule has 0 bridgehead atoms. The minimum Gasteiger partial charge on any atom is -0.358 e. The summed E-state index contributed by atoms with van der Waals surface area (Å²) in [6.07, 6.45) is 3.56. The third-order valence-corrected chi connectivity index (χ3v) is 4.39. The van der Waals surface area contributed by atoms with Gasteiger partial charge in [-0.05, 0) is 37.3 Å². The molecule has 4 heteroatoms. The van der Waals surface area contributed by atoms with Crippen molar-refractivity contribution in [3.8, 4) is 0 Å². The molecule has 1 atom stereocenters. The van der Waals surface area contributed by atoms with Gasteiger partial charge < -0.3 is 10.3 Å². The number of para-hydroxylation sites is 1. The van der Waals surface area contributed by atoms with Crippen LogP contribution in [0.15, 0.2) is 18.2 Å². The second kappa shape index (κ2) is 5.00. The van der Waals surface area contributed by atoms with Crippen molar-refractivity contribution in [2.45, 2.75) is 32.2 Å². The van der Waals surface area contributed by atoms with Gasteiger partial charge in [-0.3, -0.25) is 4.79 Å². The lowest BCUT2D eigenvalue weighted by atomic mass is 10.0. The number of H-pyrrole nitrogens is 1. The fourth-order valence-corrected chi connectivity index (χ4v) is 3.17. The first kappa shape index (κ1) is 12.7. The van der Waals surface area contributed by atoms with Gasteiger partial charge in [-0.15, -0.1) is 0 Å². The summed E-state index contributed by atoms with van der Waals surface area (Å²) in [5.41, 5.74) is 5.20. The molecule has 2 N–H and O–H groups in total. The highest BCUT2D eigenvalue weighted by Gasteiger charge is 2.20. The first-order chi connectivity index (χ1) is 9.20. The van der Waals surface area contributed by atoms with Crippen LogP contribution in [0.25, 0.3) is 10.9 Å². The summed E-state index contributed by atoms with van der Waals surface area (Å²) in [4.78, 5) is 15.1. The van der Waals surface area contributed by atoms with E-state index in [4.69, 9.17) is 0 Å². The molecule has 1 heterocycles. The maximum atomic E-state index is 11.5. The summed E-state index contributed by atoms with van der Waals surface area (Å²) in [7, 11) is 0. The number of carbonyl (C=O) groups is 1. The predicted octanol–water partition coefficient (Wildman–Crippen LogP) is 3.23. The topological polar surface area (TPSA) is 44.9 Å². The van der Waals surface area contributed by atoms with Crippen LogP contribution in [0.2, 0.25) is 0 Å². The quantitative estimate of drug-likeness (QED) is 0.838. The molecule has 0 saturated heterocycles. The molecule has 1 unspecified atom stereocenters. The van der Waals surface area contributed by atoms with E-state index >= 15 is 0 Å². The Morgan fingerprint density at radius 2 is 2.32 bits per heavy atom. The van der Waals surface area contributed by atoms with Crippen molar-refractivity contribution in [3.05, 3.63) is 35.0 Å². The Hall–Kier alpha value is -1.29. The number of amides is 1. The fourth-order valence-electron chi connectivity index (χ4n) is 3.01. The van der Waals surface area contributed by atoms with Gasteiger partial charge in [0.05, 0.1) is 16.9 Å². The molecule has 3 nitrogen and oxygen atoms in total. The van der Waals surface area contributed by atoms with Gasteiger partial charge in [0.15, 0.2) is 0 Å². The zero-order valence-corrected chi connectivity index (χ0v) is 12.5. The standard InChI is InChI=1S/C15H17BrN2O/c1-9(17-14(19)8-16)10-4-2-6-12-11-5-3-7-13(11)18-15(10)12/h2,4,6,9,18H,3,5,7-8H2,1H3,(H,17,19). The van der Waals surface area contributed by atoms with Gasteiger partial charge in [0.2, 0.25) is 5.91 Å². The highest BCUT2D eigenvalue weighted by atomic mass is 79.9. The Morgan fingerprint density at radius 1 is 1.47 bits per heavy atom. The molecule has 3 rings (SSSR count). The van der Waals surface area contributed by atoms with E-state index in [-0.39, 0.29) is 11.9 Å². The minimum absolute atomic E-state index is 0.0172. The molecule has 2 aromatic rings. The fraction of sp³-hybridized carbons (Fsp3) is 0.400. The second-order valence-corrected chi connectivity index (χ2v) is 5.69. The number of hydrogen-bond acceptors (Lipinski definition) is 1. The van der Waals surface area contributed by atoms with Crippen LogP contribution in [0.1, 0.15) is 36.2 Å². The molecule has 1 aliphatic rings. The molecule has 19 heavy (non-hydrogen) atoms. The van der Waals surface area contributed by atoms with Gasteiger partial charge in [-0.1, -0.05) is 34.1 Å². The van der Waals surface area contributed by atoms with Crippen molar-refractivity contribution in [3.63, 3.8) is 0 Å². The highest BCUT2D eigenvalue weighted by Crippen LogP contribution is 2.33. The van der Waals surface area contributed by atoms with Gasteiger partial charge in [0, 0.05) is 11.1 Å². The molecule has 0 fully saturated rings. The van der Waals surface area contributed by atoms with E-state index in [0.717, 1.165) is 6.42 Å². The number of hydrogen-bond donors (Lipinski definition) is 2. The Balaban J connectivity index is 2.02. The van der Waals surface area contributed by atoms with Gasteiger partial charge in [-0.25, -0.2) is 0 Å². The summed E-state index contributed by atoms with van der Waals surface area (Å²) in [6, 6.07) is 6.37. The van der Waals surface area contributed by atoms with E-state index in [1.54, 1.807) is 0 Å². The van der Waals surface area contributed by atoms with Gasteiger partial charge in [0.25, 0.3) is 0 Å². The smallest absolute Gasteiger partial charge is 0.231 e. The third-order valence-electron chi connectivity index (χ3n) is 3.88. The van der Waals surface area contributed by atoms with Crippen LogP contribution in [-0.4, -0.2) is 16.2 Å². The second-order valence-electron chi connectivity index (χ2n) is 5.13. The van der Waals surface area contributed by atoms with Crippen molar-refractivity contribution in [1.82, 2.24) is 10.3 Å². The predicted molar refractivity (Wildman–Crippen MR) is 80.7 cm³/mol.